The van der Waals surface area contributed by atoms with Crippen LogP contribution in [0.15, 0.2) is 18.2 Å². The number of carboxylic acid groups (broad SMARTS) is 1. The molecule has 1 aliphatic rings. The number of aliphatic carboxylic acids is 1. The Morgan fingerprint density at radius 1 is 1.47 bits per heavy atom. The molecule has 1 aromatic carbocycles. The van der Waals surface area contributed by atoms with Gasteiger partial charge >= 0.3 is 5.97 Å². The summed E-state index contributed by atoms with van der Waals surface area (Å²) in [4.78, 5) is 26.1. The number of hydrogen-bond acceptors (Lipinski definition) is 3. The molecule has 0 fully saturated rings. The van der Waals surface area contributed by atoms with E-state index in [-0.39, 0.29) is 12.5 Å². The molecule has 5 nitrogen and oxygen atoms in total. The van der Waals surface area contributed by atoms with Crippen molar-refractivity contribution in [2.45, 2.75) is 19.8 Å². The molecule has 0 radical (unpaired) electrons. The summed E-state index contributed by atoms with van der Waals surface area (Å²) in [5, 5.41) is 8.79. The number of hydrogen-bond donors (Lipinski definition) is 1. The van der Waals surface area contributed by atoms with Crippen LogP contribution in [0.1, 0.15) is 18.9 Å². The van der Waals surface area contributed by atoms with Crippen LogP contribution in [0.2, 0.25) is 0 Å². The predicted molar refractivity (Wildman–Crippen MR) is 73.7 cm³/mol. The maximum absolute atomic E-state index is 11.9. The van der Waals surface area contributed by atoms with Crippen LogP contribution >= 0.6 is 0 Å². The molecule has 5 heteroatoms. The number of carboxylic acids is 1. The van der Waals surface area contributed by atoms with Crippen LogP contribution in [-0.4, -0.2) is 37.1 Å². The number of carbonyl (C=O) groups excluding carboxylic acids is 1. The lowest BCUT2D eigenvalue weighted by atomic mass is 10.1. The first-order valence-corrected chi connectivity index (χ1v) is 6.39. The summed E-state index contributed by atoms with van der Waals surface area (Å²) in [7, 11) is 1.73. The van der Waals surface area contributed by atoms with Gasteiger partial charge in [-0.1, -0.05) is 6.92 Å². The zero-order valence-electron chi connectivity index (χ0n) is 11.2. The molecule has 0 unspecified atom stereocenters. The topological polar surface area (TPSA) is 60.9 Å². The van der Waals surface area contributed by atoms with E-state index in [4.69, 9.17) is 5.11 Å². The van der Waals surface area contributed by atoms with Crippen molar-refractivity contribution < 1.29 is 14.7 Å². The Bertz CT molecular complexity index is 513. The highest BCUT2D eigenvalue weighted by Crippen LogP contribution is 2.32. The quantitative estimate of drug-likeness (QED) is 0.873. The summed E-state index contributed by atoms with van der Waals surface area (Å²) >= 11 is 0. The van der Waals surface area contributed by atoms with Gasteiger partial charge in [0, 0.05) is 25.0 Å². The van der Waals surface area contributed by atoms with E-state index in [1.165, 1.54) is 0 Å². The molecule has 0 aromatic heterocycles. The van der Waals surface area contributed by atoms with E-state index in [1.807, 2.05) is 25.1 Å². The van der Waals surface area contributed by atoms with Crippen LogP contribution in [0.5, 0.6) is 0 Å². The number of amides is 1. The van der Waals surface area contributed by atoms with Gasteiger partial charge in [-0.25, -0.2) is 0 Å². The summed E-state index contributed by atoms with van der Waals surface area (Å²) in [6.07, 6.45) is 1.33. The lowest BCUT2D eigenvalue weighted by Gasteiger charge is -2.19. The summed E-state index contributed by atoms with van der Waals surface area (Å²) in [6.45, 7) is 2.72. The molecule has 0 spiro atoms. The van der Waals surface area contributed by atoms with Crippen molar-refractivity contribution in [3.63, 3.8) is 0 Å². The number of likely N-dealkylation sites (N-methyl/N-ethyl adjacent to an activating group) is 1. The first-order valence-electron chi connectivity index (χ1n) is 6.39. The van der Waals surface area contributed by atoms with Crippen LogP contribution in [0, 0.1) is 0 Å². The van der Waals surface area contributed by atoms with Crippen LogP contribution < -0.4 is 9.80 Å². The Morgan fingerprint density at radius 3 is 2.84 bits per heavy atom. The van der Waals surface area contributed by atoms with Crippen molar-refractivity contribution >= 4 is 23.3 Å². The van der Waals surface area contributed by atoms with Crippen molar-refractivity contribution in [3.8, 4) is 0 Å². The van der Waals surface area contributed by atoms with Gasteiger partial charge in [-0.05, 0) is 30.2 Å². The van der Waals surface area contributed by atoms with E-state index < -0.39 is 5.97 Å². The molecule has 1 aromatic rings. The molecule has 0 saturated carbocycles. The molecule has 1 amide bonds. The Labute approximate surface area is 112 Å². The minimum atomic E-state index is -0.869. The molecule has 1 heterocycles. The van der Waals surface area contributed by atoms with E-state index in [9.17, 15) is 9.59 Å². The Morgan fingerprint density at radius 2 is 2.21 bits per heavy atom. The number of nitrogens with zero attached hydrogens (tertiary/aromatic N) is 2. The van der Waals surface area contributed by atoms with Crippen LogP contribution in [0.25, 0.3) is 0 Å². The van der Waals surface area contributed by atoms with Crippen LogP contribution in [-0.2, 0) is 16.0 Å². The third-order valence-corrected chi connectivity index (χ3v) is 3.26. The Balaban J connectivity index is 2.24. The van der Waals surface area contributed by atoms with Gasteiger partial charge in [0.25, 0.3) is 0 Å². The van der Waals surface area contributed by atoms with Gasteiger partial charge in [0.1, 0.15) is 6.54 Å². The molecule has 0 bridgehead atoms. The molecule has 2 rings (SSSR count). The second-order valence-electron chi connectivity index (χ2n) is 4.78. The summed E-state index contributed by atoms with van der Waals surface area (Å²) < 4.78 is 0. The van der Waals surface area contributed by atoms with Gasteiger partial charge in [-0.3, -0.25) is 9.59 Å². The Kier molecular flexibility index (Phi) is 3.74. The Hall–Kier alpha value is -2.04. The molecule has 0 atom stereocenters. The lowest BCUT2D eigenvalue weighted by Crippen LogP contribution is -2.27. The van der Waals surface area contributed by atoms with E-state index >= 15 is 0 Å². The maximum atomic E-state index is 11.9. The zero-order valence-corrected chi connectivity index (χ0v) is 11.2. The highest BCUT2D eigenvalue weighted by Gasteiger charge is 2.26. The second kappa shape index (κ2) is 5.30. The largest absolute Gasteiger partial charge is 0.480 e. The summed E-state index contributed by atoms with van der Waals surface area (Å²) in [5.74, 6) is -0.749. The summed E-state index contributed by atoms with van der Waals surface area (Å²) in [6, 6.07) is 5.68. The highest BCUT2D eigenvalue weighted by molar-refractivity contribution is 6.01. The molecule has 19 heavy (non-hydrogen) atoms. The van der Waals surface area contributed by atoms with Crippen molar-refractivity contribution in [2.75, 3.05) is 29.9 Å². The second-order valence-corrected chi connectivity index (χ2v) is 4.78. The van der Waals surface area contributed by atoms with Gasteiger partial charge < -0.3 is 14.9 Å². The van der Waals surface area contributed by atoms with Gasteiger partial charge in [-0.2, -0.15) is 0 Å². The number of rotatable bonds is 5. The fourth-order valence-electron chi connectivity index (χ4n) is 2.37. The predicted octanol–water partition coefficient (Wildman–Crippen LogP) is 1.51. The fourth-order valence-corrected chi connectivity index (χ4v) is 2.37. The smallest absolute Gasteiger partial charge is 0.323 e. The van der Waals surface area contributed by atoms with Crippen molar-refractivity contribution in [3.05, 3.63) is 23.8 Å². The van der Waals surface area contributed by atoms with E-state index in [0.717, 1.165) is 29.9 Å². The average molecular weight is 262 g/mol. The SMILES string of the molecule is CCCN1C(=O)Cc2cc(N(C)CC(=O)O)ccc21. The number of anilines is 2. The van der Waals surface area contributed by atoms with E-state index in [2.05, 4.69) is 0 Å². The van der Waals surface area contributed by atoms with Gasteiger partial charge in [-0.15, -0.1) is 0 Å². The van der Waals surface area contributed by atoms with Crippen LogP contribution in [0.3, 0.4) is 0 Å². The normalized spacial score (nSPS) is 13.6. The minimum Gasteiger partial charge on any atom is -0.480 e. The average Bonchev–Trinajstić information content (AvgIpc) is 2.65. The number of benzene rings is 1. The van der Waals surface area contributed by atoms with Crippen molar-refractivity contribution in [1.29, 1.82) is 0 Å². The monoisotopic (exact) mass is 262 g/mol. The molecular weight excluding hydrogens is 244 g/mol. The van der Waals surface area contributed by atoms with E-state index in [0.29, 0.717) is 6.42 Å². The maximum Gasteiger partial charge on any atom is 0.323 e. The first-order chi connectivity index (χ1) is 9.02. The molecule has 0 saturated heterocycles. The summed E-state index contributed by atoms with van der Waals surface area (Å²) in [5.41, 5.74) is 2.76. The first kappa shape index (κ1) is 13.4. The third kappa shape index (κ3) is 2.70. The lowest BCUT2D eigenvalue weighted by molar-refractivity contribution is -0.135. The molecule has 102 valence electrons. The molecular formula is C14H18N2O3. The fraction of sp³-hybridized carbons (Fsp3) is 0.429. The third-order valence-electron chi connectivity index (χ3n) is 3.26. The van der Waals surface area contributed by atoms with Gasteiger partial charge in [0.2, 0.25) is 5.91 Å². The standard InChI is InChI=1S/C14H18N2O3/c1-3-6-16-12-5-4-11(15(2)9-14(18)19)7-10(12)8-13(16)17/h4-5,7H,3,6,8-9H2,1-2H3,(H,18,19). The number of fused-ring (bicyclic) bond motifs is 1. The number of carbonyl (C=O) groups is 2. The van der Waals surface area contributed by atoms with Crippen LogP contribution in [0.4, 0.5) is 11.4 Å². The van der Waals surface area contributed by atoms with Gasteiger partial charge in [0.15, 0.2) is 0 Å². The van der Waals surface area contributed by atoms with E-state index in [1.54, 1.807) is 16.8 Å². The van der Waals surface area contributed by atoms with Crippen molar-refractivity contribution in [2.24, 2.45) is 0 Å². The van der Waals surface area contributed by atoms with Crippen molar-refractivity contribution in [1.82, 2.24) is 0 Å². The minimum absolute atomic E-state index is 0.0502. The molecule has 1 N–H and O–H groups in total. The molecule has 0 aliphatic carbocycles. The highest BCUT2D eigenvalue weighted by atomic mass is 16.4. The van der Waals surface area contributed by atoms with Gasteiger partial charge in [0.05, 0.1) is 6.42 Å². The molecule has 1 aliphatic heterocycles. The zero-order chi connectivity index (χ0) is 14.0.